The van der Waals surface area contributed by atoms with Crippen LogP contribution >= 0.6 is 0 Å². The molecule has 0 bridgehead atoms. The number of unbranched alkanes of at least 4 members (excludes halogenated alkanes) is 1. The molecule has 6 rings (SSSR count). The van der Waals surface area contributed by atoms with Gasteiger partial charge >= 0.3 is 5.97 Å². The minimum Gasteiger partial charge on any atom is -0.497 e. The van der Waals surface area contributed by atoms with Gasteiger partial charge in [-0.1, -0.05) is 55.8 Å². The fourth-order valence-corrected chi connectivity index (χ4v) is 5.47. The molecule has 6 aromatic rings. The van der Waals surface area contributed by atoms with Crippen molar-refractivity contribution >= 4 is 28.0 Å². The summed E-state index contributed by atoms with van der Waals surface area (Å²) in [5.41, 5.74) is 8.02. The lowest BCUT2D eigenvalue weighted by Gasteiger charge is -2.12. The fraction of sp³-hybridized carbons (Fsp3) is 0.206. The number of hydrogen-bond acceptors (Lipinski definition) is 4. The highest BCUT2D eigenvalue weighted by Gasteiger charge is 2.16. The summed E-state index contributed by atoms with van der Waals surface area (Å²) in [4.78, 5) is 21.7. The monoisotopic (exact) mass is 544 g/mol. The largest absolute Gasteiger partial charge is 0.497 e. The molecule has 0 unspecified atom stereocenters. The van der Waals surface area contributed by atoms with Crippen molar-refractivity contribution in [3.05, 3.63) is 102 Å². The zero-order valence-electron chi connectivity index (χ0n) is 23.5. The lowest BCUT2D eigenvalue weighted by atomic mass is 9.99. The van der Waals surface area contributed by atoms with E-state index in [2.05, 4.69) is 46.4 Å². The van der Waals surface area contributed by atoms with Crippen molar-refractivity contribution in [3.8, 4) is 28.3 Å². The second kappa shape index (κ2) is 10.9. The van der Waals surface area contributed by atoms with E-state index in [-0.39, 0.29) is 0 Å². The Hall–Kier alpha value is -4.91. The predicted molar refractivity (Wildman–Crippen MR) is 163 cm³/mol. The zero-order chi connectivity index (χ0) is 28.5. The maximum atomic E-state index is 11.7. The molecule has 0 radical (unpaired) electrons. The first-order chi connectivity index (χ1) is 20.0. The zero-order valence-corrected chi connectivity index (χ0v) is 23.5. The van der Waals surface area contributed by atoms with Gasteiger partial charge in [0.05, 0.1) is 34.7 Å². The lowest BCUT2D eigenvalue weighted by molar-refractivity contribution is 0.0697. The number of nitrogens with zero attached hydrogens (tertiary/aromatic N) is 4. The summed E-state index contributed by atoms with van der Waals surface area (Å²) in [5, 5.41) is 9.62. The summed E-state index contributed by atoms with van der Waals surface area (Å²) < 4.78 is 9.82. The molecule has 0 fully saturated rings. The highest BCUT2D eigenvalue weighted by Crippen LogP contribution is 2.30. The highest BCUT2D eigenvalue weighted by atomic mass is 16.5. The third-order valence-corrected chi connectivity index (χ3v) is 7.69. The summed E-state index contributed by atoms with van der Waals surface area (Å²) in [6, 6.07) is 27.6. The van der Waals surface area contributed by atoms with E-state index < -0.39 is 5.97 Å². The van der Waals surface area contributed by atoms with E-state index in [0.29, 0.717) is 17.7 Å². The fourth-order valence-electron chi connectivity index (χ4n) is 5.47. The van der Waals surface area contributed by atoms with Gasteiger partial charge in [0, 0.05) is 31.6 Å². The van der Waals surface area contributed by atoms with Crippen molar-refractivity contribution < 1.29 is 14.6 Å². The van der Waals surface area contributed by atoms with E-state index in [0.717, 1.165) is 75.4 Å². The smallest absolute Gasteiger partial charge is 0.336 e. The molecule has 0 amide bonds. The number of aryl methyl sites for hydroxylation is 2. The minimum absolute atomic E-state index is 0.302. The maximum absolute atomic E-state index is 11.7. The van der Waals surface area contributed by atoms with Gasteiger partial charge in [-0.15, -0.1) is 0 Å². The van der Waals surface area contributed by atoms with Crippen molar-refractivity contribution in [2.45, 2.75) is 32.7 Å². The van der Waals surface area contributed by atoms with Crippen LogP contribution in [0, 0.1) is 0 Å². The Morgan fingerprint density at radius 3 is 2.41 bits per heavy atom. The molecule has 0 aliphatic carbocycles. The van der Waals surface area contributed by atoms with E-state index in [1.165, 1.54) is 0 Å². The number of fused-ring (bicyclic) bond motifs is 2. The number of carboxylic acid groups (broad SMARTS) is 1. The van der Waals surface area contributed by atoms with Crippen molar-refractivity contribution in [2.75, 3.05) is 7.11 Å². The van der Waals surface area contributed by atoms with Crippen molar-refractivity contribution in [1.82, 2.24) is 19.1 Å². The Bertz CT molecular complexity index is 1880. The Morgan fingerprint density at radius 1 is 0.878 bits per heavy atom. The normalized spacial score (nSPS) is 11.4. The minimum atomic E-state index is -0.925. The molecule has 7 nitrogen and oxygen atoms in total. The van der Waals surface area contributed by atoms with Gasteiger partial charge in [0.2, 0.25) is 0 Å². The van der Waals surface area contributed by atoms with Crippen LogP contribution in [0.3, 0.4) is 0 Å². The standard InChI is InChI=1S/C34H32N4O3/c1-4-5-10-32-35-28-17-15-24(33-36-29-20-25(41-3)16-18-30(29)37(33)2)19-31(28)38(32)21-22-11-13-23(14-12-22)26-8-6-7-9-27(26)34(39)40/h6-9,11-20H,4-5,10,21H2,1-3H3,(H,39,40). The Kier molecular flexibility index (Phi) is 7.01. The molecule has 0 aliphatic heterocycles. The molecule has 2 aromatic heterocycles. The second-order valence-electron chi connectivity index (χ2n) is 10.3. The summed E-state index contributed by atoms with van der Waals surface area (Å²) in [6.45, 7) is 2.86. The SMILES string of the molecule is CCCCc1nc2ccc(-c3nc4cc(OC)ccc4n3C)cc2n1Cc1ccc(-c2ccccc2C(=O)O)cc1. The number of carboxylic acids is 1. The first kappa shape index (κ1) is 26.3. The van der Waals surface area contributed by atoms with Crippen molar-refractivity contribution in [1.29, 1.82) is 0 Å². The van der Waals surface area contributed by atoms with Crippen LogP contribution in [0.4, 0.5) is 0 Å². The average Bonchev–Trinajstić information content (AvgIpc) is 3.52. The number of aromatic nitrogens is 4. The average molecular weight is 545 g/mol. The van der Waals surface area contributed by atoms with Gasteiger partial charge in [0.15, 0.2) is 0 Å². The van der Waals surface area contributed by atoms with Crippen LogP contribution in [0.15, 0.2) is 84.9 Å². The van der Waals surface area contributed by atoms with Crippen LogP contribution in [0.5, 0.6) is 5.75 Å². The number of rotatable bonds is 9. The Balaban J connectivity index is 1.39. The van der Waals surface area contributed by atoms with Gasteiger partial charge in [0.1, 0.15) is 17.4 Å². The van der Waals surface area contributed by atoms with E-state index >= 15 is 0 Å². The van der Waals surface area contributed by atoms with E-state index in [1.54, 1.807) is 19.2 Å². The number of hydrogen-bond donors (Lipinski definition) is 1. The van der Waals surface area contributed by atoms with Crippen molar-refractivity contribution in [2.24, 2.45) is 7.05 Å². The van der Waals surface area contributed by atoms with E-state index in [1.807, 2.05) is 49.5 Å². The van der Waals surface area contributed by atoms with Crippen LogP contribution in [-0.4, -0.2) is 37.3 Å². The predicted octanol–water partition coefficient (Wildman–Crippen LogP) is 7.35. The molecule has 0 spiro atoms. The summed E-state index contributed by atoms with van der Waals surface area (Å²) in [5.74, 6) is 1.81. The molecule has 206 valence electrons. The Morgan fingerprint density at radius 2 is 1.66 bits per heavy atom. The molecule has 0 aliphatic rings. The number of carbonyl (C=O) groups is 1. The number of methoxy groups -OCH3 is 1. The quantitative estimate of drug-likeness (QED) is 0.206. The number of benzene rings is 4. The third-order valence-electron chi connectivity index (χ3n) is 7.69. The van der Waals surface area contributed by atoms with Crippen LogP contribution in [0.1, 0.15) is 41.5 Å². The molecule has 2 heterocycles. The molecule has 0 saturated carbocycles. The van der Waals surface area contributed by atoms with Gasteiger partial charge in [-0.25, -0.2) is 14.8 Å². The number of aromatic carboxylic acids is 1. The molecule has 7 heteroatoms. The first-order valence-electron chi connectivity index (χ1n) is 13.9. The van der Waals surface area contributed by atoms with Crippen LogP contribution in [0.25, 0.3) is 44.6 Å². The summed E-state index contributed by atoms with van der Waals surface area (Å²) in [6.07, 6.45) is 3.06. The molecule has 0 atom stereocenters. The third kappa shape index (κ3) is 4.95. The van der Waals surface area contributed by atoms with Gasteiger partial charge < -0.3 is 19.0 Å². The molecule has 4 aromatic carbocycles. The molecule has 0 saturated heterocycles. The van der Waals surface area contributed by atoms with Gasteiger partial charge in [0.25, 0.3) is 0 Å². The Labute approximate surface area is 238 Å². The first-order valence-corrected chi connectivity index (χ1v) is 13.9. The molecule has 1 N–H and O–H groups in total. The topological polar surface area (TPSA) is 82.2 Å². The van der Waals surface area contributed by atoms with E-state index in [4.69, 9.17) is 14.7 Å². The van der Waals surface area contributed by atoms with Gasteiger partial charge in [-0.3, -0.25) is 0 Å². The summed E-state index contributed by atoms with van der Waals surface area (Å²) >= 11 is 0. The molecular weight excluding hydrogens is 512 g/mol. The molecular formula is C34H32N4O3. The van der Waals surface area contributed by atoms with Crippen LogP contribution in [-0.2, 0) is 20.0 Å². The second-order valence-corrected chi connectivity index (χ2v) is 10.3. The van der Waals surface area contributed by atoms with Gasteiger partial charge in [-0.2, -0.15) is 0 Å². The van der Waals surface area contributed by atoms with E-state index in [9.17, 15) is 9.90 Å². The van der Waals surface area contributed by atoms with Crippen LogP contribution < -0.4 is 4.74 Å². The maximum Gasteiger partial charge on any atom is 0.336 e. The lowest BCUT2D eigenvalue weighted by Crippen LogP contribution is -2.06. The summed E-state index contributed by atoms with van der Waals surface area (Å²) in [7, 11) is 3.70. The van der Waals surface area contributed by atoms with Crippen LogP contribution in [0.2, 0.25) is 0 Å². The highest BCUT2D eigenvalue weighted by molar-refractivity contribution is 5.96. The van der Waals surface area contributed by atoms with Gasteiger partial charge in [-0.05, 0) is 59.5 Å². The number of ether oxygens (including phenoxy) is 1. The van der Waals surface area contributed by atoms with Crippen molar-refractivity contribution in [3.63, 3.8) is 0 Å². The number of imidazole rings is 2. The molecule has 41 heavy (non-hydrogen) atoms.